The molecular weight excluding hydrogens is 299 g/mol. The SMILES string of the molecule is OCc1cc(Cl)cc(Cl)c1OCc1cncn1C1CC1. The minimum atomic E-state index is -0.169. The summed E-state index contributed by atoms with van der Waals surface area (Å²) in [5.74, 6) is 0.474. The molecule has 1 aliphatic carbocycles. The number of aromatic nitrogens is 2. The molecule has 0 bridgehead atoms. The van der Waals surface area contributed by atoms with Gasteiger partial charge in [-0.15, -0.1) is 0 Å². The average molecular weight is 313 g/mol. The van der Waals surface area contributed by atoms with E-state index in [0.717, 1.165) is 5.69 Å². The van der Waals surface area contributed by atoms with Gasteiger partial charge in [0, 0.05) is 16.6 Å². The van der Waals surface area contributed by atoms with Gasteiger partial charge in [-0.25, -0.2) is 4.98 Å². The molecule has 0 amide bonds. The second-order valence-electron chi connectivity index (χ2n) is 4.85. The fourth-order valence-electron chi connectivity index (χ4n) is 2.16. The van der Waals surface area contributed by atoms with Crippen LogP contribution in [0.25, 0.3) is 0 Å². The first kappa shape index (κ1) is 13.7. The van der Waals surface area contributed by atoms with Crippen LogP contribution in [0.3, 0.4) is 0 Å². The van der Waals surface area contributed by atoms with Crippen molar-refractivity contribution < 1.29 is 9.84 Å². The third-order valence-electron chi connectivity index (χ3n) is 3.31. The van der Waals surface area contributed by atoms with Crippen molar-refractivity contribution in [1.82, 2.24) is 9.55 Å². The van der Waals surface area contributed by atoms with Gasteiger partial charge in [0.1, 0.15) is 12.4 Å². The molecule has 1 N–H and O–H groups in total. The number of halogens is 2. The maximum Gasteiger partial charge on any atom is 0.144 e. The summed E-state index contributed by atoms with van der Waals surface area (Å²) in [6, 6.07) is 3.81. The van der Waals surface area contributed by atoms with Crippen molar-refractivity contribution in [2.45, 2.75) is 32.1 Å². The fourth-order valence-corrected chi connectivity index (χ4v) is 2.75. The summed E-state index contributed by atoms with van der Waals surface area (Å²) in [4.78, 5) is 4.15. The third kappa shape index (κ3) is 2.77. The molecule has 0 spiro atoms. The lowest BCUT2D eigenvalue weighted by Gasteiger charge is -2.13. The zero-order valence-corrected chi connectivity index (χ0v) is 12.2. The van der Waals surface area contributed by atoms with Crippen molar-refractivity contribution >= 4 is 23.2 Å². The highest BCUT2D eigenvalue weighted by Gasteiger charge is 2.25. The molecule has 6 heteroatoms. The van der Waals surface area contributed by atoms with E-state index in [1.54, 1.807) is 18.3 Å². The Hall–Kier alpha value is -1.23. The van der Waals surface area contributed by atoms with E-state index in [2.05, 4.69) is 9.55 Å². The van der Waals surface area contributed by atoms with E-state index in [1.807, 2.05) is 6.33 Å². The first-order valence-corrected chi connectivity index (χ1v) is 7.17. The van der Waals surface area contributed by atoms with Gasteiger partial charge in [-0.1, -0.05) is 23.2 Å². The summed E-state index contributed by atoms with van der Waals surface area (Å²) < 4.78 is 7.89. The topological polar surface area (TPSA) is 47.3 Å². The molecule has 4 nitrogen and oxygen atoms in total. The van der Waals surface area contributed by atoms with Gasteiger partial charge in [0.05, 0.1) is 29.8 Å². The smallest absolute Gasteiger partial charge is 0.144 e. The Morgan fingerprint density at radius 1 is 1.35 bits per heavy atom. The number of aliphatic hydroxyl groups is 1. The van der Waals surface area contributed by atoms with Crippen molar-refractivity contribution in [1.29, 1.82) is 0 Å². The normalized spacial score (nSPS) is 14.6. The van der Waals surface area contributed by atoms with Crippen LogP contribution < -0.4 is 4.74 Å². The molecule has 20 heavy (non-hydrogen) atoms. The Bertz CT molecular complexity index is 624. The van der Waals surface area contributed by atoms with Crippen LogP contribution in [-0.4, -0.2) is 14.7 Å². The zero-order valence-electron chi connectivity index (χ0n) is 10.7. The molecule has 3 rings (SSSR count). The van der Waals surface area contributed by atoms with Crippen LogP contribution >= 0.6 is 23.2 Å². The molecule has 0 radical (unpaired) electrons. The second-order valence-corrected chi connectivity index (χ2v) is 5.69. The number of ether oxygens (including phenoxy) is 1. The minimum absolute atomic E-state index is 0.169. The molecule has 1 saturated carbocycles. The maximum absolute atomic E-state index is 9.36. The van der Waals surface area contributed by atoms with E-state index in [0.29, 0.717) is 34.0 Å². The van der Waals surface area contributed by atoms with Crippen molar-refractivity contribution in [3.63, 3.8) is 0 Å². The first-order valence-electron chi connectivity index (χ1n) is 6.41. The molecule has 106 valence electrons. The predicted molar refractivity (Wildman–Crippen MR) is 77.2 cm³/mol. The number of hydrogen-bond acceptors (Lipinski definition) is 3. The minimum Gasteiger partial charge on any atom is -0.485 e. The monoisotopic (exact) mass is 312 g/mol. The quantitative estimate of drug-likeness (QED) is 0.917. The summed E-state index contributed by atoms with van der Waals surface area (Å²) in [6.07, 6.45) is 5.99. The molecular formula is C14H14Cl2N2O2. The van der Waals surface area contributed by atoms with E-state index in [9.17, 15) is 5.11 Å². The van der Waals surface area contributed by atoms with Gasteiger partial charge in [0.15, 0.2) is 0 Å². The molecule has 1 aromatic heterocycles. The van der Waals surface area contributed by atoms with Gasteiger partial charge in [-0.2, -0.15) is 0 Å². The number of aliphatic hydroxyl groups excluding tert-OH is 1. The number of imidazole rings is 1. The van der Waals surface area contributed by atoms with E-state index in [1.165, 1.54) is 12.8 Å². The van der Waals surface area contributed by atoms with Crippen molar-refractivity contribution in [3.8, 4) is 5.75 Å². The fraction of sp³-hybridized carbons (Fsp3) is 0.357. The summed E-state index contributed by atoms with van der Waals surface area (Å²) in [5.41, 5.74) is 1.59. The molecule has 0 saturated heterocycles. The highest BCUT2D eigenvalue weighted by Crippen LogP contribution is 2.37. The Kier molecular flexibility index (Phi) is 3.87. The predicted octanol–water partition coefficient (Wildman–Crippen LogP) is 3.60. The summed E-state index contributed by atoms with van der Waals surface area (Å²) in [5, 5.41) is 10.2. The van der Waals surface area contributed by atoms with Gasteiger partial charge in [0.25, 0.3) is 0 Å². The average Bonchev–Trinajstić information content (AvgIpc) is 3.16. The van der Waals surface area contributed by atoms with Crippen LogP contribution in [0.4, 0.5) is 0 Å². The van der Waals surface area contributed by atoms with E-state index >= 15 is 0 Å². The Morgan fingerprint density at radius 2 is 2.15 bits per heavy atom. The molecule has 1 heterocycles. The lowest BCUT2D eigenvalue weighted by Crippen LogP contribution is -2.05. The Morgan fingerprint density at radius 3 is 2.85 bits per heavy atom. The van der Waals surface area contributed by atoms with E-state index in [4.69, 9.17) is 27.9 Å². The Balaban J connectivity index is 1.79. The highest BCUT2D eigenvalue weighted by atomic mass is 35.5. The molecule has 0 aliphatic heterocycles. The van der Waals surface area contributed by atoms with Crippen LogP contribution in [0.5, 0.6) is 5.75 Å². The van der Waals surface area contributed by atoms with Gasteiger partial charge in [-0.05, 0) is 25.0 Å². The summed E-state index contributed by atoms with van der Waals surface area (Å²) in [7, 11) is 0. The van der Waals surface area contributed by atoms with E-state index < -0.39 is 0 Å². The molecule has 0 unspecified atom stereocenters. The van der Waals surface area contributed by atoms with Gasteiger partial charge in [0.2, 0.25) is 0 Å². The highest BCUT2D eigenvalue weighted by molar-refractivity contribution is 6.35. The summed E-state index contributed by atoms with van der Waals surface area (Å²) in [6.45, 7) is 0.197. The van der Waals surface area contributed by atoms with Crippen molar-refractivity contribution in [2.75, 3.05) is 0 Å². The molecule has 0 atom stereocenters. The number of rotatable bonds is 5. The number of hydrogen-bond donors (Lipinski definition) is 1. The molecule has 2 aromatic rings. The van der Waals surface area contributed by atoms with Crippen LogP contribution in [0.15, 0.2) is 24.7 Å². The molecule has 1 aromatic carbocycles. The third-order valence-corrected chi connectivity index (χ3v) is 3.81. The van der Waals surface area contributed by atoms with Crippen LogP contribution in [0, 0.1) is 0 Å². The standard InChI is InChI=1S/C14H14Cl2N2O2/c15-10-3-9(6-19)14(13(16)4-10)20-7-12-5-17-8-18(12)11-1-2-11/h3-5,8,11,19H,1-2,6-7H2. The molecule has 1 aliphatic rings. The van der Waals surface area contributed by atoms with Crippen LogP contribution in [0.1, 0.15) is 30.1 Å². The van der Waals surface area contributed by atoms with Crippen LogP contribution in [0.2, 0.25) is 10.0 Å². The van der Waals surface area contributed by atoms with Gasteiger partial charge in [-0.3, -0.25) is 0 Å². The van der Waals surface area contributed by atoms with Gasteiger partial charge < -0.3 is 14.4 Å². The molecule has 1 fully saturated rings. The van der Waals surface area contributed by atoms with Gasteiger partial charge >= 0.3 is 0 Å². The number of benzene rings is 1. The second kappa shape index (κ2) is 5.64. The first-order chi connectivity index (χ1) is 9.69. The number of nitrogens with zero attached hydrogens (tertiary/aromatic N) is 2. The lowest BCUT2D eigenvalue weighted by molar-refractivity contribution is 0.255. The maximum atomic E-state index is 9.36. The largest absolute Gasteiger partial charge is 0.485 e. The van der Waals surface area contributed by atoms with Crippen LogP contribution in [-0.2, 0) is 13.2 Å². The van der Waals surface area contributed by atoms with Crippen molar-refractivity contribution in [2.24, 2.45) is 0 Å². The van der Waals surface area contributed by atoms with Crippen molar-refractivity contribution in [3.05, 3.63) is 46.0 Å². The zero-order chi connectivity index (χ0) is 14.1. The Labute approximate surface area is 126 Å². The summed E-state index contributed by atoms with van der Waals surface area (Å²) >= 11 is 12.0. The van der Waals surface area contributed by atoms with E-state index in [-0.39, 0.29) is 6.61 Å². The lowest BCUT2D eigenvalue weighted by atomic mass is 10.2.